The van der Waals surface area contributed by atoms with Gasteiger partial charge in [-0.25, -0.2) is 4.39 Å². The maximum Gasteiger partial charge on any atom is 0.253 e. The Morgan fingerprint density at radius 3 is 2.12 bits per heavy atom. The van der Waals surface area contributed by atoms with Crippen LogP contribution in [-0.2, 0) is 4.79 Å². The van der Waals surface area contributed by atoms with Crippen LogP contribution in [0.1, 0.15) is 59.2 Å². The fourth-order valence-electron chi connectivity index (χ4n) is 4.78. The van der Waals surface area contributed by atoms with Crippen molar-refractivity contribution in [3.05, 3.63) is 70.5 Å². The van der Waals surface area contributed by atoms with Crippen LogP contribution in [0.15, 0.2) is 48.5 Å². The Hall–Kier alpha value is -2.93. The van der Waals surface area contributed by atoms with E-state index in [1.807, 2.05) is 0 Å². The summed E-state index contributed by atoms with van der Waals surface area (Å²) in [6, 6.07) is 11.8. The van der Waals surface area contributed by atoms with Gasteiger partial charge in [0.15, 0.2) is 0 Å². The highest BCUT2D eigenvalue weighted by Crippen LogP contribution is 2.23. The summed E-state index contributed by atoms with van der Waals surface area (Å²) in [5, 5.41) is 6.73. The van der Waals surface area contributed by atoms with Crippen LogP contribution in [-0.4, -0.2) is 47.8 Å². The fraction of sp³-hybridized carbons (Fsp3) is 0.423. The third-order valence-electron chi connectivity index (χ3n) is 6.69. The number of nitrogens with zero attached hydrogens (tertiary/aromatic N) is 1. The zero-order valence-corrected chi connectivity index (χ0v) is 19.7. The average molecular weight is 486 g/mol. The number of rotatable bonds is 5. The molecule has 2 aromatic carbocycles. The normalized spacial score (nSPS) is 22.6. The van der Waals surface area contributed by atoms with Gasteiger partial charge in [-0.1, -0.05) is 24.4 Å². The van der Waals surface area contributed by atoms with Gasteiger partial charge in [0.2, 0.25) is 5.91 Å². The molecule has 0 radical (unpaired) electrons. The standard InChI is InChI=1S/C26H29ClFN3O3/c27-20-11-7-18(8-12-20)26(34)31-15-3-4-19(16-31)25(33)30-23-6-2-1-5-22(23)29-24(32)17-9-13-21(28)14-10-17/h7-14,19,22-23H,1-6,15-16H2,(H,29,32)(H,30,33)/t19-,22+,23+/m0/s1. The van der Waals surface area contributed by atoms with Crippen LogP contribution in [0.2, 0.25) is 5.02 Å². The minimum atomic E-state index is -0.393. The van der Waals surface area contributed by atoms with Gasteiger partial charge in [-0.2, -0.15) is 0 Å². The molecule has 4 rings (SSSR count). The van der Waals surface area contributed by atoms with Crippen molar-refractivity contribution < 1.29 is 18.8 Å². The highest BCUT2D eigenvalue weighted by atomic mass is 35.5. The maximum atomic E-state index is 13.2. The molecule has 8 heteroatoms. The Morgan fingerprint density at radius 1 is 0.824 bits per heavy atom. The lowest BCUT2D eigenvalue weighted by Crippen LogP contribution is -2.55. The first-order valence-electron chi connectivity index (χ1n) is 11.8. The van der Waals surface area contributed by atoms with Gasteiger partial charge in [0.05, 0.1) is 5.92 Å². The molecule has 0 aromatic heterocycles. The highest BCUT2D eigenvalue weighted by molar-refractivity contribution is 6.30. The molecule has 1 aliphatic carbocycles. The molecule has 180 valence electrons. The number of hydrogen-bond donors (Lipinski definition) is 2. The third kappa shape index (κ3) is 5.95. The monoisotopic (exact) mass is 485 g/mol. The van der Waals surface area contributed by atoms with Crippen molar-refractivity contribution in [1.82, 2.24) is 15.5 Å². The second-order valence-electron chi connectivity index (χ2n) is 9.08. The van der Waals surface area contributed by atoms with E-state index in [0.29, 0.717) is 29.2 Å². The van der Waals surface area contributed by atoms with Gasteiger partial charge in [0, 0.05) is 41.3 Å². The molecule has 2 aliphatic rings. The predicted octanol–water partition coefficient (Wildman–Crippen LogP) is 4.19. The fourth-order valence-corrected chi connectivity index (χ4v) is 4.91. The van der Waals surface area contributed by atoms with Crippen molar-refractivity contribution >= 4 is 29.3 Å². The second kappa shape index (κ2) is 11.0. The summed E-state index contributed by atoms with van der Waals surface area (Å²) in [5.74, 6) is -1.14. The summed E-state index contributed by atoms with van der Waals surface area (Å²) in [6.45, 7) is 0.984. The number of carbonyl (C=O) groups excluding carboxylic acids is 3. The zero-order chi connectivity index (χ0) is 24.1. The van der Waals surface area contributed by atoms with Crippen molar-refractivity contribution in [3.63, 3.8) is 0 Å². The number of likely N-dealkylation sites (tertiary alicyclic amines) is 1. The van der Waals surface area contributed by atoms with E-state index in [4.69, 9.17) is 11.6 Å². The molecule has 2 fully saturated rings. The Morgan fingerprint density at radius 2 is 1.44 bits per heavy atom. The minimum Gasteiger partial charge on any atom is -0.351 e. The van der Waals surface area contributed by atoms with Crippen LogP contribution < -0.4 is 10.6 Å². The summed E-state index contributed by atoms with van der Waals surface area (Å²) in [4.78, 5) is 40.4. The maximum absolute atomic E-state index is 13.2. The summed E-state index contributed by atoms with van der Waals surface area (Å²) >= 11 is 5.92. The van der Waals surface area contributed by atoms with E-state index in [9.17, 15) is 18.8 Å². The van der Waals surface area contributed by atoms with Gasteiger partial charge in [0.1, 0.15) is 5.82 Å². The number of piperidine rings is 1. The first kappa shape index (κ1) is 24.2. The van der Waals surface area contributed by atoms with Crippen molar-refractivity contribution in [3.8, 4) is 0 Å². The Labute approximate surface area is 203 Å². The van der Waals surface area contributed by atoms with Gasteiger partial charge in [-0.05, 0) is 74.2 Å². The van der Waals surface area contributed by atoms with Gasteiger partial charge in [-0.15, -0.1) is 0 Å². The van der Waals surface area contributed by atoms with Crippen LogP contribution in [0.3, 0.4) is 0 Å². The van der Waals surface area contributed by atoms with Crippen molar-refractivity contribution in [2.45, 2.75) is 50.6 Å². The van der Waals surface area contributed by atoms with Crippen molar-refractivity contribution in [2.24, 2.45) is 5.92 Å². The molecule has 1 aliphatic heterocycles. The van der Waals surface area contributed by atoms with Crippen molar-refractivity contribution in [2.75, 3.05) is 13.1 Å². The second-order valence-corrected chi connectivity index (χ2v) is 9.52. The van der Waals surface area contributed by atoms with Gasteiger partial charge in [-0.3, -0.25) is 14.4 Å². The lowest BCUT2D eigenvalue weighted by atomic mass is 9.88. The molecule has 3 amide bonds. The number of halogens is 2. The summed E-state index contributed by atoms with van der Waals surface area (Å²) < 4.78 is 13.2. The van der Waals surface area contributed by atoms with Crippen LogP contribution in [0, 0.1) is 11.7 Å². The van der Waals surface area contributed by atoms with E-state index >= 15 is 0 Å². The summed E-state index contributed by atoms with van der Waals surface area (Å²) in [5.41, 5.74) is 0.946. The number of nitrogens with one attached hydrogen (secondary N) is 2. The van der Waals surface area contributed by atoms with Crippen LogP contribution >= 0.6 is 11.6 Å². The highest BCUT2D eigenvalue weighted by Gasteiger charge is 2.33. The molecule has 34 heavy (non-hydrogen) atoms. The largest absolute Gasteiger partial charge is 0.351 e. The molecule has 1 saturated carbocycles. The molecular formula is C26H29ClFN3O3. The number of benzene rings is 2. The molecule has 0 unspecified atom stereocenters. The number of hydrogen-bond acceptors (Lipinski definition) is 3. The first-order chi connectivity index (χ1) is 16.4. The Bertz CT molecular complexity index is 1030. The lowest BCUT2D eigenvalue weighted by Gasteiger charge is -2.36. The Balaban J connectivity index is 1.36. The van der Waals surface area contributed by atoms with Crippen LogP contribution in [0.4, 0.5) is 4.39 Å². The summed E-state index contributed by atoms with van der Waals surface area (Å²) in [7, 11) is 0. The van der Waals surface area contributed by atoms with E-state index in [1.54, 1.807) is 29.2 Å². The SMILES string of the molecule is O=C(N[C@@H]1CCCC[C@H]1NC(=O)[C@H]1CCCN(C(=O)c2ccc(Cl)cc2)C1)c1ccc(F)cc1. The van der Waals surface area contributed by atoms with Gasteiger partial charge < -0.3 is 15.5 Å². The molecule has 0 bridgehead atoms. The molecule has 0 spiro atoms. The van der Waals surface area contributed by atoms with Gasteiger partial charge in [0.25, 0.3) is 11.8 Å². The molecule has 1 heterocycles. The number of carbonyl (C=O) groups is 3. The van der Waals surface area contributed by atoms with Gasteiger partial charge >= 0.3 is 0 Å². The van der Waals surface area contributed by atoms with E-state index in [1.165, 1.54) is 24.3 Å². The molecule has 2 N–H and O–H groups in total. The van der Waals surface area contributed by atoms with E-state index in [-0.39, 0.29) is 35.7 Å². The third-order valence-corrected chi connectivity index (χ3v) is 6.94. The first-order valence-corrected chi connectivity index (χ1v) is 12.2. The lowest BCUT2D eigenvalue weighted by molar-refractivity contribution is -0.127. The molecular weight excluding hydrogens is 457 g/mol. The number of amides is 3. The van der Waals surface area contributed by atoms with Crippen molar-refractivity contribution in [1.29, 1.82) is 0 Å². The smallest absolute Gasteiger partial charge is 0.253 e. The molecule has 2 aromatic rings. The molecule has 3 atom stereocenters. The molecule has 1 saturated heterocycles. The topological polar surface area (TPSA) is 78.5 Å². The average Bonchev–Trinajstić information content (AvgIpc) is 2.85. The quantitative estimate of drug-likeness (QED) is 0.666. The Kier molecular flexibility index (Phi) is 7.83. The van der Waals surface area contributed by atoms with Crippen LogP contribution in [0.5, 0.6) is 0 Å². The minimum absolute atomic E-state index is 0.0819. The summed E-state index contributed by atoms with van der Waals surface area (Å²) in [6.07, 6.45) is 4.96. The zero-order valence-electron chi connectivity index (χ0n) is 18.9. The predicted molar refractivity (Wildman–Crippen MR) is 128 cm³/mol. The van der Waals surface area contributed by atoms with Crippen LogP contribution in [0.25, 0.3) is 0 Å². The van der Waals surface area contributed by atoms with E-state index in [0.717, 1.165) is 38.5 Å². The van der Waals surface area contributed by atoms with E-state index < -0.39 is 5.82 Å². The molecule has 6 nitrogen and oxygen atoms in total. The van der Waals surface area contributed by atoms with E-state index in [2.05, 4.69) is 10.6 Å².